The van der Waals surface area contributed by atoms with Gasteiger partial charge in [-0.3, -0.25) is 4.79 Å². The normalized spacial score (nSPS) is 27.3. The fourth-order valence-corrected chi connectivity index (χ4v) is 4.76. The van der Waals surface area contributed by atoms with E-state index in [9.17, 15) is 4.79 Å². The Labute approximate surface area is 182 Å². The van der Waals surface area contributed by atoms with Crippen LogP contribution in [0.4, 0.5) is 5.69 Å². The van der Waals surface area contributed by atoms with Gasteiger partial charge in [0.25, 0.3) is 11.9 Å². The number of carbonyl (C=O) groups excluding carboxylic acids is 1. The second kappa shape index (κ2) is 8.63. The highest BCUT2D eigenvalue weighted by Crippen LogP contribution is 2.36. The SMILES string of the molecule is CN1[C@@H]2CC[C@H]1CC(Oc1ccc(NC(=O)C3CC=C(Oc4ccccc4)O3)cc1)C2. The summed E-state index contributed by atoms with van der Waals surface area (Å²) in [5.74, 6) is 1.71. The third-order valence-corrected chi connectivity index (χ3v) is 6.49. The molecule has 2 bridgehead atoms. The van der Waals surface area contributed by atoms with E-state index in [1.54, 1.807) is 6.08 Å². The van der Waals surface area contributed by atoms with Crippen LogP contribution < -0.4 is 14.8 Å². The maximum atomic E-state index is 12.6. The highest BCUT2D eigenvalue weighted by atomic mass is 16.7. The van der Waals surface area contributed by atoms with E-state index in [0.717, 1.165) is 24.3 Å². The van der Waals surface area contributed by atoms with Gasteiger partial charge in [0.2, 0.25) is 0 Å². The molecule has 6 nitrogen and oxygen atoms in total. The van der Waals surface area contributed by atoms with Crippen molar-refractivity contribution < 1.29 is 19.0 Å². The van der Waals surface area contributed by atoms with Gasteiger partial charge in [0.1, 0.15) is 17.6 Å². The van der Waals surface area contributed by atoms with Crippen molar-refractivity contribution in [2.24, 2.45) is 0 Å². The molecule has 0 saturated carbocycles. The maximum absolute atomic E-state index is 12.6. The molecule has 0 aliphatic carbocycles. The zero-order valence-electron chi connectivity index (χ0n) is 17.7. The molecule has 3 heterocycles. The number of hydrogen-bond donors (Lipinski definition) is 1. The van der Waals surface area contributed by atoms with Crippen LogP contribution in [0.3, 0.4) is 0 Å². The van der Waals surface area contributed by atoms with Gasteiger partial charge >= 0.3 is 0 Å². The fourth-order valence-electron chi connectivity index (χ4n) is 4.76. The Balaban J connectivity index is 1.11. The molecule has 31 heavy (non-hydrogen) atoms. The number of ether oxygens (including phenoxy) is 3. The summed E-state index contributed by atoms with van der Waals surface area (Å²) in [5.41, 5.74) is 0.724. The molecule has 1 amide bonds. The Morgan fingerprint density at radius 2 is 1.71 bits per heavy atom. The quantitative estimate of drug-likeness (QED) is 0.753. The number of nitrogens with one attached hydrogen (secondary N) is 1. The second-order valence-electron chi connectivity index (χ2n) is 8.56. The average Bonchev–Trinajstić information content (AvgIpc) is 3.31. The van der Waals surface area contributed by atoms with Crippen molar-refractivity contribution in [3.63, 3.8) is 0 Å². The molecule has 2 aromatic rings. The lowest BCUT2D eigenvalue weighted by atomic mass is 10.0. The second-order valence-corrected chi connectivity index (χ2v) is 8.56. The Hall–Kier alpha value is -2.99. The van der Waals surface area contributed by atoms with Crippen LogP contribution in [0.5, 0.6) is 11.5 Å². The van der Waals surface area contributed by atoms with E-state index < -0.39 is 6.10 Å². The molecular weight excluding hydrogens is 392 g/mol. The first-order valence-electron chi connectivity index (χ1n) is 11.0. The van der Waals surface area contributed by atoms with Gasteiger partial charge in [-0.1, -0.05) is 18.2 Å². The number of carbonyl (C=O) groups is 1. The largest absolute Gasteiger partial charge is 0.490 e. The highest BCUT2D eigenvalue weighted by Gasteiger charge is 2.39. The van der Waals surface area contributed by atoms with Crippen LogP contribution in [0.2, 0.25) is 0 Å². The average molecular weight is 421 g/mol. The van der Waals surface area contributed by atoms with Crippen molar-refractivity contribution in [3.05, 3.63) is 66.6 Å². The molecule has 5 rings (SSSR count). The molecule has 3 aliphatic rings. The van der Waals surface area contributed by atoms with Gasteiger partial charge in [-0.25, -0.2) is 0 Å². The summed E-state index contributed by atoms with van der Waals surface area (Å²) in [6, 6.07) is 18.3. The Morgan fingerprint density at radius 1 is 1.00 bits per heavy atom. The third-order valence-electron chi connectivity index (χ3n) is 6.49. The van der Waals surface area contributed by atoms with Crippen LogP contribution in [0.25, 0.3) is 0 Å². The van der Waals surface area contributed by atoms with Gasteiger partial charge < -0.3 is 24.4 Å². The van der Waals surface area contributed by atoms with Crippen LogP contribution in [0.1, 0.15) is 32.1 Å². The molecule has 1 N–H and O–H groups in total. The number of benzene rings is 2. The predicted molar refractivity (Wildman–Crippen MR) is 118 cm³/mol. The van der Waals surface area contributed by atoms with Crippen molar-refractivity contribution in [2.45, 2.75) is 56.4 Å². The van der Waals surface area contributed by atoms with Crippen LogP contribution in [0.15, 0.2) is 66.6 Å². The van der Waals surface area contributed by atoms with E-state index in [2.05, 4.69) is 17.3 Å². The monoisotopic (exact) mass is 420 g/mol. The van der Waals surface area contributed by atoms with Crippen LogP contribution in [-0.4, -0.2) is 42.1 Å². The molecule has 0 aromatic heterocycles. The number of rotatable bonds is 6. The maximum Gasteiger partial charge on any atom is 0.281 e. The van der Waals surface area contributed by atoms with E-state index in [1.165, 1.54) is 12.8 Å². The van der Waals surface area contributed by atoms with Gasteiger partial charge in [-0.15, -0.1) is 0 Å². The van der Waals surface area contributed by atoms with E-state index in [-0.39, 0.29) is 12.0 Å². The first-order valence-corrected chi connectivity index (χ1v) is 11.0. The standard InChI is InChI=1S/C25H28N2O4/c1-27-18-9-10-19(27)16-22(15-18)29-21-11-7-17(8-12-21)26-25(28)23-13-14-24(31-23)30-20-5-3-2-4-6-20/h2-8,11-12,14,18-19,22-23H,9-10,13,15-16H2,1H3,(H,26,28)/t18-,19+,22?,23?. The lowest BCUT2D eigenvalue weighted by Crippen LogP contribution is -2.43. The van der Waals surface area contributed by atoms with E-state index >= 15 is 0 Å². The molecular formula is C25H28N2O4. The first-order chi connectivity index (χ1) is 15.1. The summed E-state index contributed by atoms with van der Waals surface area (Å²) < 4.78 is 17.5. The van der Waals surface area contributed by atoms with E-state index in [0.29, 0.717) is 30.2 Å². The van der Waals surface area contributed by atoms with Crippen LogP contribution >= 0.6 is 0 Å². The van der Waals surface area contributed by atoms with Crippen molar-refractivity contribution >= 4 is 11.6 Å². The number of fused-ring (bicyclic) bond motifs is 2. The summed E-state index contributed by atoms with van der Waals surface area (Å²) in [6.07, 6.45) is 6.69. The summed E-state index contributed by atoms with van der Waals surface area (Å²) in [6.45, 7) is 0. The third kappa shape index (κ3) is 4.54. The van der Waals surface area contributed by atoms with E-state index in [1.807, 2.05) is 54.6 Å². The van der Waals surface area contributed by atoms with Crippen molar-refractivity contribution in [1.82, 2.24) is 4.90 Å². The lowest BCUT2D eigenvalue weighted by Gasteiger charge is -2.36. The predicted octanol–water partition coefficient (Wildman–Crippen LogP) is 4.34. The summed E-state index contributed by atoms with van der Waals surface area (Å²) in [7, 11) is 2.23. The number of nitrogens with zero attached hydrogens (tertiary/aromatic N) is 1. The molecule has 162 valence electrons. The molecule has 2 unspecified atom stereocenters. The number of piperidine rings is 1. The van der Waals surface area contributed by atoms with Gasteiger partial charge in [-0.05, 0) is 69.1 Å². The summed E-state index contributed by atoms with van der Waals surface area (Å²) in [5, 5.41) is 2.91. The molecule has 6 heteroatoms. The minimum absolute atomic E-state index is 0.191. The molecule has 3 aliphatic heterocycles. The smallest absolute Gasteiger partial charge is 0.281 e. The molecule has 0 spiro atoms. The lowest BCUT2D eigenvalue weighted by molar-refractivity contribution is -0.125. The molecule has 2 saturated heterocycles. The minimum atomic E-state index is -0.593. The summed E-state index contributed by atoms with van der Waals surface area (Å²) >= 11 is 0. The first kappa shape index (κ1) is 19.9. The van der Waals surface area contributed by atoms with Gasteiger partial charge in [0.15, 0.2) is 6.10 Å². The zero-order valence-corrected chi connectivity index (χ0v) is 17.7. The van der Waals surface area contributed by atoms with Crippen molar-refractivity contribution in [3.8, 4) is 11.5 Å². The van der Waals surface area contributed by atoms with Gasteiger partial charge in [0.05, 0.1) is 0 Å². The number of amides is 1. The molecule has 0 radical (unpaired) electrons. The van der Waals surface area contributed by atoms with Gasteiger partial charge in [-0.2, -0.15) is 0 Å². The van der Waals surface area contributed by atoms with Crippen molar-refractivity contribution in [2.75, 3.05) is 12.4 Å². The molecule has 2 fully saturated rings. The fraction of sp³-hybridized carbons (Fsp3) is 0.400. The van der Waals surface area contributed by atoms with Crippen molar-refractivity contribution in [1.29, 1.82) is 0 Å². The molecule has 4 atom stereocenters. The number of anilines is 1. The highest BCUT2D eigenvalue weighted by molar-refractivity contribution is 5.94. The number of hydrogen-bond acceptors (Lipinski definition) is 5. The number of para-hydroxylation sites is 1. The van der Waals surface area contributed by atoms with E-state index in [4.69, 9.17) is 14.2 Å². The minimum Gasteiger partial charge on any atom is -0.490 e. The Kier molecular flexibility index (Phi) is 5.55. The summed E-state index contributed by atoms with van der Waals surface area (Å²) in [4.78, 5) is 15.1. The topological polar surface area (TPSA) is 60.0 Å². The molecule has 2 aromatic carbocycles. The van der Waals surface area contributed by atoms with Gasteiger partial charge in [0, 0.05) is 30.3 Å². The Morgan fingerprint density at radius 3 is 2.42 bits per heavy atom. The zero-order chi connectivity index (χ0) is 21.2. The Bertz CT molecular complexity index is 930. The van der Waals surface area contributed by atoms with Crippen LogP contribution in [0, 0.1) is 0 Å². The van der Waals surface area contributed by atoms with Crippen LogP contribution in [-0.2, 0) is 9.53 Å².